The summed E-state index contributed by atoms with van der Waals surface area (Å²) in [5, 5.41) is 0. The molecule has 0 aliphatic carbocycles. The molecule has 0 atom stereocenters. The van der Waals surface area contributed by atoms with Crippen LogP contribution in [0.4, 0.5) is 0 Å². The van der Waals surface area contributed by atoms with Crippen LogP contribution in [0.25, 0.3) is 0 Å². The summed E-state index contributed by atoms with van der Waals surface area (Å²) in [6.07, 6.45) is 3.89. The number of halogens is 2. The molecular formula is C6H5Br2NO. The van der Waals surface area contributed by atoms with Gasteiger partial charge in [0.15, 0.2) is 6.29 Å². The molecule has 0 fully saturated rings. The molecule has 0 N–H and O–H groups in total. The standard InChI is InChI=1S/C6H4BrNO.BrH/c7-6-1-2-8-3-5(6)4-9;/h1-4H;1H. The molecule has 0 aliphatic heterocycles. The maximum absolute atomic E-state index is 10.2. The quantitative estimate of drug-likeness (QED) is 0.730. The van der Waals surface area contributed by atoms with E-state index in [1.54, 1.807) is 12.3 Å². The van der Waals surface area contributed by atoms with Gasteiger partial charge in [-0.1, -0.05) is 0 Å². The maximum atomic E-state index is 10.2. The Labute approximate surface area is 77.6 Å². The zero-order valence-corrected chi connectivity index (χ0v) is 8.25. The van der Waals surface area contributed by atoms with Crippen molar-refractivity contribution in [1.82, 2.24) is 4.98 Å². The van der Waals surface area contributed by atoms with Crippen molar-refractivity contribution >= 4 is 39.2 Å². The smallest absolute Gasteiger partial charge is 0.152 e. The minimum absolute atomic E-state index is 0. The molecule has 0 radical (unpaired) electrons. The maximum Gasteiger partial charge on any atom is 0.152 e. The van der Waals surface area contributed by atoms with Crippen molar-refractivity contribution in [3.8, 4) is 0 Å². The number of carbonyl (C=O) groups is 1. The minimum Gasteiger partial charge on any atom is -0.298 e. The van der Waals surface area contributed by atoms with E-state index in [0.717, 1.165) is 10.8 Å². The van der Waals surface area contributed by atoms with Crippen LogP contribution in [0, 0.1) is 0 Å². The van der Waals surface area contributed by atoms with Gasteiger partial charge in [0.1, 0.15) is 0 Å². The lowest BCUT2D eigenvalue weighted by Crippen LogP contribution is -1.81. The van der Waals surface area contributed by atoms with Crippen molar-refractivity contribution < 1.29 is 4.79 Å². The average molecular weight is 267 g/mol. The van der Waals surface area contributed by atoms with Crippen LogP contribution in [0.1, 0.15) is 10.4 Å². The van der Waals surface area contributed by atoms with Gasteiger partial charge < -0.3 is 0 Å². The second kappa shape index (κ2) is 4.57. The Hall–Kier alpha value is -0.220. The summed E-state index contributed by atoms with van der Waals surface area (Å²) in [4.78, 5) is 13.9. The fourth-order valence-corrected chi connectivity index (χ4v) is 0.790. The number of aromatic nitrogens is 1. The first-order chi connectivity index (χ1) is 4.34. The summed E-state index contributed by atoms with van der Waals surface area (Å²) >= 11 is 3.19. The highest BCUT2D eigenvalue weighted by molar-refractivity contribution is 9.10. The van der Waals surface area contributed by atoms with E-state index in [1.807, 2.05) is 0 Å². The van der Waals surface area contributed by atoms with E-state index in [4.69, 9.17) is 0 Å². The molecule has 1 rings (SSSR count). The van der Waals surface area contributed by atoms with Gasteiger partial charge >= 0.3 is 0 Å². The van der Waals surface area contributed by atoms with Crippen LogP contribution in [0.2, 0.25) is 0 Å². The zero-order valence-electron chi connectivity index (χ0n) is 4.95. The van der Waals surface area contributed by atoms with Crippen molar-refractivity contribution in [3.05, 3.63) is 28.5 Å². The Balaban J connectivity index is 0.000000810. The molecule has 0 bridgehead atoms. The predicted octanol–water partition coefficient (Wildman–Crippen LogP) is 2.23. The molecule has 0 spiro atoms. The monoisotopic (exact) mass is 265 g/mol. The molecule has 0 unspecified atom stereocenters. The third-order valence-electron chi connectivity index (χ3n) is 0.923. The predicted molar refractivity (Wildman–Crippen MR) is 47.6 cm³/mol. The Morgan fingerprint density at radius 2 is 2.30 bits per heavy atom. The molecule has 2 nitrogen and oxygen atoms in total. The molecule has 0 aliphatic rings. The lowest BCUT2D eigenvalue weighted by Gasteiger charge is -1.89. The summed E-state index contributed by atoms with van der Waals surface area (Å²) < 4.78 is 0.785. The Bertz CT molecular complexity index is 227. The van der Waals surface area contributed by atoms with E-state index in [1.165, 1.54) is 6.20 Å². The topological polar surface area (TPSA) is 30.0 Å². The number of nitrogens with zero attached hydrogens (tertiary/aromatic N) is 1. The molecule has 1 aromatic rings. The second-order valence-electron chi connectivity index (χ2n) is 1.52. The van der Waals surface area contributed by atoms with Gasteiger partial charge in [-0.25, -0.2) is 0 Å². The summed E-state index contributed by atoms with van der Waals surface area (Å²) in [5.41, 5.74) is 0.581. The third kappa shape index (κ3) is 2.19. The molecule has 54 valence electrons. The Morgan fingerprint density at radius 3 is 2.70 bits per heavy atom. The van der Waals surface area contributed by atoms with Gasteiger partial charge in [-0.2, -0.15) is 0 Å². The van der Waals surface area contributed by atoms with Gasteiger partial charge in [0, 0.05) is 22.4 Å². The minimum atomic E-state index is 0. The van der Waals surface area contributed by atoms with Gasteiger partial charge in [-0.05, 0) is 22.0 Å². The van der Waals surface area contributed by atoms with Gasteiger partial charge in [-0.3, -0.25) is 9.78 Å². The number of aldehydes is 1. The molecule has 0 saturated carbocycles. The van der Waals surface area contributed by atoms with Crippen LogP contribution < -0.4 is 0 Å². The molecule has 0 aromatic carbocycles. The summed E-state index contributed by atoms with van der Waals surface area (Å²) in [7, 11) is 0. The third-order valence-corrected chi connectivity index (χ3v) is 1.65. The van der Waals surface area contributed by atoms with Gasteiger partial charge in [0.25, 0.3) is 0 Å². The highest BCUT2D eigenvalue weighted by Crippen LogP contribution is 2.11. The number of pyridine rings is 1. The molecule has 10 heavy (non-hydrogen) atoms. The van der Waals surface area contributed by atoms with Gasteiger partial charge in [0.2, 0.25) is 0 Å². The lowest BCUT2D eigenvalue weighted by atomic mass is 10.3. The first-order valence-electron chi connectivity index (χ1n) is 2.39. The second-order valence-corrected chi connectivity index (χ2v) is 2.37. The van der Waals surface area contributed by atoms with Crippen molar-refractivity contribution in [3.63, 3.8) is 0 Å². The number of hydrogen-bond donors (Lipinski definition) is 0. The summed E-state index contributed by atoms with van der Waals surface area (Å²) in [5.74, 6) is 0. The molecular weight excluding hydrogens is 262 g/mol. The number of carbonyl (C=O) groups excluding carboxylic acids is 1. The van der Waals surface area contributed by atoms with Crippen molar-refractivity contribution in [2.75, 3.05) is 0 Å². The average Bonchev–Trinajstić information content (AvgIpc) is 1.89. The van der Waals surface area contributed by atoms with Gasteiger partial charge in [-0.15, -0.1) is 17.0 Å². The van der Waals surface area contributed by atoms with Crippen LogP contribution in [0.15, 0.2) is 22.9 Å². The lowest BCUT2D eigenvalue weighted by molar-refractivity contribution is 0.112. The highest BCUT2D eigenvalue weighted by atomic mass is 79.9. The van der Waals surface area contributed by atoms with Crippen molar-refractivity contribution in [2.24, 2.45) is 0 Å². The number of hydrogen-bond acceptors (Lipinski definition) is 2. The Kier molecular flexibility index (Phi) is 4.47. The molecule has 0 saturated heterocycles. The van der Waals surface area contributed by atoms with Crippen molar-refractivity contribution in [2.45, 2.75) is 0 Å². The summed E-state index contributed by atoms with van der Waals surface area (Å²) in [6, 6.07) is 1.73. The molecule has 4 heteroatoms. The van der Waals surface area contributed by atoms with E-state index < -0.39 is 0 Å². The fourth-order valence-electron chi connectivity index (χ4n) is 0.476. The highest BCUT2D eigenvalue weighted by Gasteiger charge is 1.93. The first kappa shape index (κ1) is 9.78. The first-order valence-corrected chi connectivity index (χ1v) is 3.18. The SMILES string of the molecule is Br.O=Cc1cnccc1Br. The van der Waals surface area contributed by atoms with E-state index in [2.05, 4.69) is 20.9 Å². The Morgan fingerprint density at radius 1 is 1.60 bits per heavy atom. The molecule has 1 heterocycles. The summed E-state index contributed by atoms with van der Waals surface area (Å²) in [6.45, 7) is 0. The van der Waals surface area contributed by atoms with E-state index in [0.29, 0.717) is 5.56 Å². The van der Waals surface area contributed by atoms with E-state index >= 15 is 0 Å². The van der Waals surface area contributed by atoms with Crippen molar-refractivity contribution in [1.29, 1.82) is 0 Å². The van der Waals surface area contributed by atoms with Crippen LogP contribution in [-0.2, 0) is 0 Å². The van der Waals surface area contributed by atoms with Crippen LogP contribution in [0.5, 0.6) is 0 Å². The van der Waals surface area contributed by atoms with Crippen LogP contribution in [0.3, 0.4) is 0 Å². The zero-order chi connectivity index (χ0) is 6.69. The van der Waals surface area contributed by atoms with E-state index in [-0.39, 0.29) is 17.0 Å². The van der Waals surface area contributed by atoms with Gasteiger partial charge in [0.05, 0.1) is 0 Å². The van der Waals surface area contributed by atoms with E-state index in [9.17, 15) is 4.79 Å². The van der Waals surface area contributed by atoms with Crippen LogP contribution in [-0.4, -0.2) is 11.3 Å². The van der Waals surface area contributed by atoms with Crippen LogP contribution >= 0.6 is 32.9 Å². The normalized spacial score (nSPS) is 8.10. The largest absolute Gasteiger partial charge is 0.298 e. The molecule has 0 amide bonds. The molecule has 1 aromatic heterocycles. The fraction of sp³-hybridized carbons (Fsp3) is 0. The number of rotatable bonds is 1.